The van der Waals surface area contributed by atoms with E-state index in [1.807, 2.05) is 49.1 Å². The van der Waals surface area contributed by atoms with Crippen LogP contribution in [0, 0.1) is 6.92 Å². The van der Waals surface area contributed by atoms with Crippen molar-refractivity contribution < 1.29 is 9.47 Å². The third-order valence-electron chi connectivity index (χ3n) is 3.45. The van der Waals surface area contributed by atoms with E-state index in [9.17, 15) is 0 Å². The van der Waals surface area contributed by atoms with Gasteiger partial charge in [0.2, 0.25) is 0 Å². The summed E-state index contributed by atoms with van der Waals surface area (Å²) in [5, 5.41) is 7.64. The quantitative estimate of drug-likeness (QED) is 0.877. The zero-order chi connectivity index (χ0) is 14.5. The second-order valence-electron chi connectivity index (χ2n) is 4.60. The fraction of sp³-hybridized carbons (Fsp3) is 0.400. The maximum Gasteiger partial charge on any atom is 0.127 e. The van der Waals surface area contributed by atoms with Gasteiger partial charge in [0.1, 0.15) is 11.5 Å². The molecule has 0 saturated heterocycles. The van der Waals surface area contributed by atoms with E-state index < -0.39 is 0 Å². The lowest BCUT2D eigenvalue weighted by Crippen LogP contribution is -2.23. The number of nitrogens with one attached hydrogen (secondary N) is 1. The van der Waals surface area contributed by atoms with Crippen LogP contribution in [0.1, 0.15) is 17.3 Å². The van der Waals surface area contributed by atoms with Crippen molar-refractivity contribution >= 4 is 0 Å². The monoisotopic (exact) mass is 275 g/mol. The van der Waals surface area contributed by atoms with E-state index in [1.54, 1.807) is 14.2 Å². The van der Waals surface area contributed by atoms with Crippen LogP contribution < -0.4 is 14.8 Å². The number of ether oxygens (including phenoxy) is 2. The predicted molar refractivity (Wildman–Crippen MR) is 78.3 cm³/mol. The van der Waals surface area contributed by atoms with Crippen molar-refractivity contribution in [2.45, 2.75) is 19.5 Å². The van der Waals surface area contributed by atoms with Gasteiger partial charge in [0, 0.05) is 23.5 Å². The average Bonchev–Trinajstić information content (AvgIpc) is 2.89. The summed E-state index contributed by atoms with van der Waals surface area (Å²) >= 11 is 0. The van der Waals surface area contributed by atoms with Crippen molar-refractivity contribution in [1.29, 1.82) is 0 Å². The highest BCUT2D eigenvalue weighted by Crippen LogP contribution is 2.30. The highest BCUT2D eigenvalue weighted by atomic mass is 16.5. The van der Waals surface area contributed by atoms with Crippen LogP contribution in [0.3, 0.4) is 0 Å². The molecule has 0 aliphatic carbocycles. The topological polar surface area (TPSA) is 48.3 Å². The second kappa shape index (κ2) is 6.43. The summed E-state index contributed by atoms with van der Waals surface area (Å²) in [5.74, 6) is 1.60. The number of benzene rings is 1. The first kappa shape index (κ1) is 14.4. The first-order chi connectivity index (χ1) is 9.69. The van der Waals surface area contributed by atoms with Crippen LogP contribution >= 0.6 is 0 Å². The molecule has 0 bridgehead atoms. The molecule has 1 aromatic carbocycles. The van der Waals surface area contributed by atoms with Crippen molar-refractivity contribution in [3.8, 4) is 11.5 Å². The molecule has 2 aromatic rings. The van der Waals surface area contributed by atoms with Crippen molar-refractivity contribution in [3.63, 3.8) is 0 Å². The van der Waals surface area contributed by atoms with E-state index in [0.29, 0.717) is 0 Å². The van der Waals surface area contributed by atoms with Crippen molar-refractivity contribution in [2.24, 2.45) is 0 Å². The minimum atomic E-state index is 0.120. The molecule has 0 aliphatic rings. The van der Waals surface area contributed by atoms with Gasteiger partial charge in [0.25, 0.3) is 0 Å². The lowest BCUT2D eigenvalue weighted by Gasteiger charge is -2.20. The second-order valence-corrected chi connectivity index (χ2v) is 4.60. The van der Waals surface area contributed by atoms with E-state index in [0.717, 1.165) is 29.3 Å². The van der Waals surface area contributed by atoms with Crippen LogP contribution in [-0.4, -0.2) is 31.0 Å². The number of methoxy groups -OCH3 is 2. The van der Waals surface area contributed by atoms with E-state index in [1.165, 1.54) is 0 Å². The molecule has 1 N–H and O–H groups in total. The Bertz CT molecular complexity index is 566. The molecule has 0 aliphatic heterocycles. The molecule has 5 nitrogen and oxygen atoms in total. The molecule has 0 fully saturated rings. The number of nitrogens with zero attached hydrogens (tertiary/aromatic N) is 2. The van der Waals surface area contributed by atoms with Crippen molar-refractivity contribution in [3.05, 3.63) is 41.7 Å². The molecule has 1 atom stereocenters. The standard InChI is InChI=1S/C15H21N3O2/c1-11-7-8-17-18(11)10-14(16-2)13-6-5-12(19-3)9-15(13)20-4/h5-9,14,16H,10H2,1-4H3. The Morgan fingerprint density at radius 2 is 2.05 bits per heavy atom. The normalized spacial score (nSPS) is 12.2. The Labute approximate surface area is 119 Å². The maximum absolute atomic E-state index is 5.47. The van der Waals surface area contributed by atoms with Crippen LogP contribution in [0.25, 0.3) is 0 Å². The number of aryl methyl sites for hydroxylation is 1. The van der Waals surface area contributed by atoms with Gasteiger partial charge < -0.3 is 14.8 Å². The van der Waals surface area contributed by atoms with Gasteiger partial charge in [-0.05, 0) is 32.2 Å². The van der Waals surface area contributed by atoms with Crippen molar-refractivity contribution in [1.82, 2.24) is 15.1 Å². The number of rotatable bonds is 6. The minimum absolute atomic E-state index is 0.120. The zero-order valence-electron chi connectivity index (χ0n) is 12.4. The molecule has 0 saturated carbocycles. The highest BCUT2D eigenvalue weighted by molar-refractivity contribution is 5.42. The van der Waals surface area contributed by atoms with Gasteiger partial charge >= 0.3 is 0 Å². The van der Waals surface area contributed by atoms with Crippen LogP contribution in [0.2, 0.25) is 0 Å². The van der Waals surface area contributed by atoms with Crippen LogP contribution in [0.15, 0.2) is 30.5 Å². The molecular formula is C15H21N3O2. The van der Waals surface area contributed by atoms with Gasteiger partial charge in [-0.1, -0.05) is 0 Å². The van der Waals surface area contributed by atoms with Gasteiger partial charge in [0.05, 0.1) is 26.8 Å². The van der Waals surface area contributed by atoms with Crippen molar-refractivity contribution in [2.75, 3.05) is 21.3 Å². The molecule has 1 heterocycles. The van der Waals surface area contributed by atoms with Gasteiger partial charge in [-0.2, -0.15) is 5.10 Å². The molecule has 20 heavy (non-hydrogen) atoms. The van der Waals surface area contributed by atoms with Gasteiger partial charge in [-0.3, -0.25) is 4.68 Å². The Morgan fingerprint density at radius 3 is 2.60 bits per heavy atom. The molecular weight excluding hydrogens is 254 g/mol. The Morgan fingerprint density at radius 1 is 1.25 bits per heavy atom. The van der Waals surface area contributed by atoms with Crippen LogP contribution in [0.4, 0.5) is 0 Å². The summed E-state index contributed by atoms with van der Waals surface area (Å²) in [6, 6.07) is 7.98. The molecule has 5 heteroatoms. The minimum Gasteiger partial charge on any atom is -0.497 e. The third kappa shape index (κ3) is 2.93. The SMILES string of the molecule is CNC(Cn1nccc1C)c1ccc(OC)cc1OC. The Balaban J connectivity index is 2.29. The fourth-order valence-corrected chi connectivity index (χ4v) is 2.21. The molecule has 2 rings (SSSR count). The molecule has 0 radical (unpaired) electrons. The molecule has 1 unspecified atom stereocenters. The van der Waals surface area contributed by atoms with Gasteiger partial charge in [0.15, 0.2) is 0 Å². The lowest BCUT2D eigenvalue weighted by molar-refractivity contribution is 0.378. The van der Waals surface area contributed by atoms with Crippen LogP contribution in [0.5, 0.6) is 11.5 Å². The van der Waals surface area contributed by atoms with E-state index >= 15 is 0 Å². The summed E-state index contributed by atoms with van der Waals surface area (Å²) in [6.45, 7) is 2.79. The molecule has 0 spiro atoms. The highest BCUT2D eigenvalue weighted by Gasteiger charge is 2.16. The smallest absolute Gasteiger partial charge is 0.127 e. The lowest BCUT2D eigenvalue weighted by atomic mass is 10.1. The molecule has 1 aromatic heterocycles. The van der Waals surface area contributed by atoms with Gasteiger partial charge in [-0.15, -0.1) is 0 Å². The number of likely N-dealkylation sites (N-methyl/N-ethyl adjacent to an activating group) is 1. The largest absolute Gasteiger partial charge is 0.497 e. The van der Waals surface area contributed by atoms with Crippen LogP contribution in [-0.2, 0) is 6.54 Å². The predicted octanol–water partition coefficient (Wildman–Crippen LogP) is 2.17. The van der Waals surface area contributed by atoms with E-state index in [4.69, 9.17) is 9.47 Å². The maximum atomic E-state index is 5.47. The summed E-state index contributed by atoms with van der Waals surface area (Å²) in [5.41, 5.74) is 2.23. The number of hydrogen-bond donors (Lipinski definition) is 1. The Kier molecular flexibility index (Phi) is 4.63. The molecule has 108 valence electrons. The summed E-state index contributed by atoms with van der Waals surface area (Å²) < 4.78 is 12.7. The average molecular weight is 275 g/mol. The number of aromatic nitrogens is 2. The first-order valence-corrected chi connectivity index (χ1v) is 6.57. The summed E-state index contributed by atoms with van der Waals surface area (Å²) in [7, 11) is 5.26. The summed E-state index contributed by atoms with van der Waals surface area (Å²) in [6.07, 6.45) is 1.81. The zero-order valence-corrected chi connectivity index (χ0v) is 12.4. The Hall–Kier alpha value is -2.01. The first-order valence-electron chi connectivity index (χ1n) is 6.57. The van der Waals surface area contributed by atoms with Gasteiger partial charge in [-0.25, -0.2) is 0 Å². The molecule has 0 amide bonds. The fourth-order valence-electron chi connectivity index (χ4n) is 2.21. The van der Waals surface area contributed by atoms with E-state index in [-0.39, 0.29) is 6.04 Å². The third-order valence-corrected chi connectivity index (χ3v) is 3.45. The number of hydrogen-bond acceptors (Lipinski definition) is 4. The summed E-state index contributed by atoms with van der Waals surface area (Å²) in [4.78, 5) is 0. The van der Waals surface area contributed by atoms with E-state index in [2.05, 4.69) is 10.4 Å².